The summed E-state index contributed by atoms with van der Waals surface area (Å²) in [5.74, 6) is -2.21. The molecule has 1 aliphatic heterocycles. The molecule has 0 aliphatic carbocycles. The summed E-state index contributed by atoms with van der Waals surface area (Å²) in [6, 6.07) is 8.40. The first-order valence-electron chi connectivity index (χ1n) is 8.35. The van der Waals surface area contributed by atoms with Crippen molar-refractivity contribution in [1.82, 2.24) is 4.90 Å². The number of benzene rings is 2. The highest BCUT2D eigenvalue weighted by Crippen LogP contribution is 2.28. The minimum absolute atomic E-state index is 0.0401. The molecular weight excluding hydrogens is 362 g/mol. The highest BCUT2D eigenvalue weighted by atomic mass is 35.5. The molecule has 7 heteroatoms. The number of carbonyl (C=O) groups excluding carboxylic acids is 1. The van der Waals surface area contributed by atoms with E-state index in [9.17, 15) is 13.6 Å². The van der Waals surface area contributed by atoms with Gasteiger partial charge in [0, 0.05) is 13.1 Å². The van der Waals surface area contributed by atoms with Gasteiger partial charge in [0.25, 0.3) is 5.91 Å². The number of hydrogen-bond acceptors (Lipinski definition) is 3. The van der Waals surface area contributed by atoms with E-state index < -0.39 is 17.5 Å². The molecule has 2 aromatic carbocycles. The molecule has 0 bridgehead atoms. The van der Waals surface area contributed by atoms with Gasteiger partial charge in [0.15, 0.2) is 11.6 Å². The minimum atomic E-state index is -0.816. The maximum atomic E-state index is 14.7. The van der Waals surface area contributed by atoms with E-state index in [-0.39, 0.29) is 28.1 Å². The van der Waals surface area contributed by atoms with Crippen LogP contribution in [0.2, 0.25) is 5.02 Å². The second-order valence-corrected chi connectivity index (χ2v) is 6.70. The van der Waals surface area contributed by atoms with E-state index in [1.54, 1.807) is 6.07 Å². The van der Waals surface area contributed by atoms with Crippen molar-refractivity contribution in [2.75, 3.05) is 25.5 Å². The zero-order chi connectivity index (χ0) is 18.7. The summed E-state index contributed by atoms with van der Waals surface area (Å²) in [4.78, 5) is 14.5. The lowest BCUT2D eigenvalue weighted by molar-refractivity contribution is 0.102. The molecule has 0 saturated carbocycles. The number of carbonyl (C=O) groups is 1. The molecule has 1 heterocycles. The standard InChI is InChI=1S/C19H19ClF2N2O2/c1-24-10-8-12(9-11-24)26-16-7-3-6-15(18(16)22)23-19(25)17-13(20)4-2-5-14(17)21/h2-7,12H,8-11H2,1H3,(H,23,25). The summed E-state index contributed by atoms with van der Waals surface area (Å²) >= 11 is 5.88. The topological polar surface area (TPSA) is 41.6 Å². The first kappa shape index (κ1) is 18.6. The molecule has 0 atom stereocenters. The molecule has 0 spiro atoms. The van der Waals surface area contributed by atoms with Gasteiger partial charge in [-0.25, -0.2) is 8.78 Å². The molecule has 2 aromatic rings. The summed E-state index contributed by atoms with van der Waals surface area (Å²) < 4.78 is 34.3. The Morgan fingerprint density at radius 3 is 2.58 bits per heavy atom. The number of anilines is 1. The van der Waals surface area contributed by atoms with Gasteiger partial charge in [0.2, 0.25) is 0 Å². The zero-order valence-electron chi connectivity index (χ0n) is 14.3. The number of piperidine rings is 1. The predicted octanol–water partition coefficient (Wildman–Crippen LogP) is 4.34. The van der Waals surface area contributed by atoms with Crippen molar-refractivity contribution in [3.05, 3.63) is 58.6 Å². The number of ether oxygens (including phenoxy) is 1. The normalized spacial score (nSPS) is 15.7. The van der Waals surface area contributed by atoms with Gasteiger partial charge >= 0.3 is 0 Å². The van der Waals surface area contributed by atoms with Gasteiger partial charge in [-0.2, -0.15) is 0 Å². The molecule has 3 rings (SSSR count). The van der Waals surface area contributed by atoms with Crippen LogP contribution in [-0.2, 0) is 0 Å². The summed E-state index contributed by atoms with van der Waals surface area (Å²) in [7, 11) is 2.03. The second-order valence-electron chi connectivity index (χ2n) is 6.29. The van der Waals surface area contributed by atoms with Crippen LogP contribution in [0, 0.1) is 11.6 Å². The number of amides is 1. The lowest BCUT2D eigenvalue weighted by Gasteiger charge is -2.29. The Morgan fingerprint density at radius 2 is 1.88 bits per heavy atom. The van der Waals surface area contributed by atoms with Crippen LogP contribution in [0.4, 0.5) is 14.5 Å². The molecule has 1 fully saturated rings. The highest BCUT2D eigenvalue weighted by Gasteiger charge is 2.22. The Morgan fingerprint density at radius 1 is 1.19 bits per heavy atom. The van der Waals surface area contributed by atoms with E-state index in [0.29, 0.717) is 0 Å². The molecule has 0 unspecified atom stereocenters. The van der Waals surface area contributed by atoms with Crippen molar-refractivity contribution >= 4 is 23.2 Å². The third kappa shape index (κ3) is 4.14. The molecule has 0 aromatic heterocycles. The molecular formula is C19H19ClF2N2O2. The average molecular weight is 381 g/mol. The summed E-state index contributed by atoms with van der Waals surface area (Å²) in [6.07, 6.45) is 1.53. The monoisotopic (exact) mass is 380 g/mol. The minimum Gasteiger partial charge on any atom is -0.487 e. The number of rotatable bonds is 4. The number of halogens is 3. The molecule has 4 nitrogen and oxygen atoms in total. The Kier molecular flexibility index (Phi) is 5.74. The van der Waals surface area contributed by atoms with Gasteiger partial charge in [-0.1, -0.05) is 23.7 Å². The number of nitrogens with zero attached hydrogens (tertiary/aromatic N) is 1. The van der Waals surface area contributed by atoms with Crippen LogP contribution in [0.3, 0.4) is 0 Å². The van der Waals surface area contributed by atoms with Crippen molar-refractivity contribution in [1.29, 1.82) is 0 Å². The van der Waals surface area contributed by atoms with Crippen molar-refractivity contribution in [3.8, 4) is 5.75 Å². The van der Waals surface area contributed by atoms with Gasteiger partial charge < -0.3 is 15.0 Å². The second kappa shape index (κ2) is 8.01. The van der Waals surface area contributed by atoms with Crippen molar-refractivity contribution in [2.24, 2.45) is 0 Å². The zero-order valence-corrected chi connectivity index (χ0v) is 15.0. The highest BCUT2D eigenvalue weighted by molar-refractivity contribution is 6.34. The Hall–Kier alpha value is -2.18. The van der Waals surface area contributed by atoms with Crippen LogP contribution in [0.25, 0.3) is 0 Å². The Labute approximate surface area is 155 Å². The molecule has 26 heavy (non-hydrogen) atoms. The van der Waals surface area contributed by atoms with Gasteiger partial charge in [-0.15, -0.1) is 0 Å². The molecule has 1 aliphatic rings. The number of likely N-dealkylation sites (tertiary alicyclic amines) is 1. The maximum absolute atomic E-state index is 14.7. The third-order valence-corrected chi connectivity index (χ3v) is 4.68. The molecule has 1 amide bonds. The van der Waals surface area contributed by atoms with Crippen LogP contribution in [-0.4, -0.2) is 37.0 Å². The molecule has 1 saturated heterocycles. The number of nitrogens with one attached hydrogen (secondary N) is 1. The quantitative estimate of drug-likeness (QED) is 0.857. The fourth-order valence-electron chi connectivity index (χ4n) is 2.88. The van der Waals surface area contributed by atoms with Crippen LogP contribution >= 0.6 is 11.6 Å². The van der Waals surface area contributed by atoms with Gasteiger partial charge in [-0.3, -0.25) is 4.79 Å². The lowest BCUT2D eigenvalue weighted by atomic mass is 10.1. The van der Waals surface area contributed by atoms with E-state index in [1.165, 1.54) is 24.3 Å². The Balaban J connectivity index is 1.76. The fourth-order valence-corrected chi connectivity index (χ4v) is 3.13. The van der Waals surface area contributed by atoms with Gasteiger partial charge in [-0.05, 0) is 44.2 Å². The maximum Gasteiger partial charge on any atom is 0.260 e. The molecule has 0 radical (unpaired) electrons. The first-order chi connectivity index (χ1) is 12.5. The lowest BCUT2D eigenvalue weighted by Crippen LogP contribution is -2.35. The summed E-state index contributed by atoms with van der Waals surface area (Å²) in [5.41, 5.74) is -0.407. The smallest absolute Gasteiger partial charge is 0.260 e. The van der Waals surface area contributed by atoms with E-state index in [1.807, 2.05) is 7.05 Å². The molecule has 138 valence electrons. The van der Waals surface area contributed by atoms with Crippen molar-refractivity contribution in [3.63, 3.8) is 0 Å². The van der Waals surface area contributed by atoms with E-state index in [4.69, 9.17) is 16.3 Å². The van der Waals surface area contributed by atoms with Crippen LogP contribution in [0.5, 0.6) is 5.75 Å². The van der Waals surface area contributed by atoms with Crippen LogP contribution in [0.1, 0.15) is 23.2 Å². The third-order valence-electron chi connectivity index (χ3n) is 4.36. The van der Waals surface area contributed by atoms with Crippen LogP contribution < -0.4 is 10.1 Å². The number of hydrogen-bond donors (Lipinski definition) is 1. The van der Waals surface area contributed by atoms with E-state index in [2.05, 4.69) is 10.2 Å². The fraction of sp³-hybridized carbons (Fsp3) is 0.316. The van der Waals surface area contributed by atoms with Crippen molar-refractivity contribution in [2.45, 2.75) is 18.9 Å². The van der Waals surface area contributed by atoms with Crippen LogP contribution in [0.15, 0.2) is 36.4 Å². The van der Waals surface area contributed by atoms with Gasteiger partial charge in [0.05, 0.1) is 16.3 Å². The average Bonchev–Trinajstić information content (AvgIpc) is 2.60. The molecule has 1 N–H and O–H groups in total. The predicted molar refractivity (Wildman–Crippen MR) is 96.9 cm³/mol. The summed E-state index contributed by atoms with van der Waals surface area (Å²) in [6.45, 7) is 1.77. The SMILES string of the molecule is CN1CCC(Oc2cccc(NC(=O)c3c(F)cccc3Cl)c2F)CC1. The Bertz CT molecular complexity index is 788. The first-order valence-corrected chi connectivity index (χ1v) is 8.72. The van der Waals surface area contributed by atoms with E-state index in [0.717, 1.165) is 32.0 Å². The van der Waals surface area contributed by atoms with Crippen molar-refractivity contribution < 1.29 is 18.3 Å². The largest absolute Gasteiger partial charge is 0.487 e. The van der Waals surface area contributed by atoms with E-state index >= 15 is 0 Å². The van der Waals surface area contributed by atoms with Gasteiger partial charge in [0.1, 0.15) is 11.9 Å². The summed E-state index contributed by atoms with van der Waals surface area (Å²) in [5, 5.41) is 2.33.